The lowest BCUT2D eigenvalue weighted by Gasteiger charge is -2.25. The van der Waals surface area contributed by atoms with Crippen LogP contribution in [-0.4, -0.2) is 24.5 Å². The van der Waals surface area contributed by atoms with Gasteiger partial charge < -0.3 is 14.1 Å². The number of carbonyl (C=O) groups is 1. The molecular weight excluding hydrogens is 334 g/mol. The number of methoxy groups -OCH3 is 1. The van der Waals surface area contributed by atoms with Crippen molar-refractivity contribution in [1.29, 1.82) is 0 Å². The predicted molar refractivity (Wildman–Crippen MR) is 90.5 cm³/mol. The van der Waals surface area contributed by atoms with E-state index in [2.05, 4.69) is 0 Å². The minimum absolute atomic E-state index is 0.101. The van der Waals surface area contributed by atoms with E-state index < -0.39 is 0 Å². The summed E-state index contributed by atoms with van der Waals surface area (Å²) in [6.07, 6.45) is 0.835. The summed E-state index contributed by atoms with van der Waals surface area (Å²) >= 11 is 7.66. The Morgan fingerprint density at radius 3 is 3.09 bits per heavy atom. The van der Waals surface area contributed by atoms with Crippen molar-refractivity contribution in [3.05, 3.63) is 50.9 Å². The van der Waals surface area contributed by atoms with Crippen LogP contribution in [0.2, 0.25) is 4.34 Å². The van der Waals surface area contributed by atoms with Crippen LogP contribution in [0.3, 0.4) is 0 Å². The SMILES string of the molecule is COc1cccc2cc(C(=O)N3CCc4sc(Cl)cc4C3)oc12. The highest BCUT2D eigenvalue weighted by molar-refractivity contribution is 7.16. The lowest BCUT2D eigenvalue weighted by molar-refractivity contribution is 0.0706. The molecular formula is C17H14ClNO3S. The summed E-state index contributed by atoms with van der Waals surface area (Å²) in [5.74, 6) is 0.873. The van der Waals surface area contributed by atoms with Crippen LogP contribution in [0.25, 0.3) is 11.0 Å². The van der Waals surface area contributed by atoms with Crippen LogP contribution in [0.1, 0.15) is 21.0 Å². The Kier molecular flexibility index (Phi) is 3.54. The van der Waals surface area contributed by atoms with E-state index in [1.165, 1.54) is 4.88 Å². The smallest absolute Gasteiger partial charge is 0.289 e. The average Bonchev–Trinajstić information content (AvgIpc) is 3.15. The van der Waals surface area contributed by atoms with Gasteiger partial charge in [-0.1, -0.05) is 23.7 Å². The van der Waals surface area contributed by atoms with E-state index in [-0.39, 0.29) is 5.91 Å². The molecule has 0 atom stereocenters. The van der Waals surface area contributed by atoms with Gasteiger partial charge in [0.1, 0.15) is 0 Å². The number of rotatable bonds is 2. The zero-order valence-electron chi connectivity index (χ0n) is 12.5. The summed E-state index contributed by atoms with van der Waals surface area (Å²) in [6.45, 7) is 1.25. The van der Waals surface area contributed by atoms with E-state index in [4.69, 9.17) is 20.8 Å². The molecule has 1 amide bonds. The molecule has 0 radical (unpaired) electrons. The summed E-state index contributed by atoms with van der Waals surface area (Å²) in [4.78, 5) is 15.8. The number of carbonyl (C=O) groups excluding carboxylic acids is 1. The standard InChI is InChI=1S/C17H14ClNO3S/c1-21-12-4-2-3-10-7-13(22-16(10)12)17(20)19-6-5-14-11(9-19)8-15(18)23-14/h2-4,7-8H,5-6,9H2,1H3. The van der Waals surface area contributed by atoms with Crippen LogP contribution in [0, 0.1) is 0 Å². The molecule has 3 heterocycles. The van der Waals surface area contributed by atoms with E-state index in [1.54, 1.807) is 29.4 Å². The molecule has 4 rings (SSSR count). The fourth-order valence-electron chi connectivity index (χ4n) is 2.93. The molecule has 1 aromatic carbocycles. The Morgan fingerprint density at radius 2 is 2.26 bits per heavy atom. The van der Waals surface area contributed by atoms with Crippen molar-refractivity contribution in [3.63, 3.8) is 0 Å². The van der Waals surface area contributed by atoms with E-state index in [0.717, 1.165) is 21.7 Å². The van der Waals surface area contributed by atoms with Gasteiger partial charge in [0, 0.05) is 23.4 Å². The second-order valence-electron chi connectivity index (χ2n) is 5.46. The van der Waals surface area contributed by atoms with Crippen LogP contribution >= 0.6 is 22.9 Å². The fourth-order valence-corrected chi connectivity index (χ4v) is 4.22. The monoisotopic (exact) mass is 347 g/mol. The number of halogens is 1. The Morgan fingerprint density at radius 1 is 1.39 bits per heavy atom. The van der Waals surface area contributed by atoms with Crippen molar-refractivity contribution in [2.75, 3.05) is 13.7 Å². The third kappa shape index (κ3) is 2.50. The normalized spacial score (nSPS) is 14.1. The number of thiophene rings is 1. The first-order valence-corrected chi connectivity index (χ1v) is 8.48. The number of hydrogen-bond donors (Lipinski definition) is 0. The number of para-hydroxylation sites is 1. The quantitative estimate of drug-likeness (QED) is 0.692. The molecule has 2 aromatic heterocycles. The highest BCUT2D eigenvalue weighted by atomic mass is 35.5. The van der Waals surface area contributed by atoms with E-state index in [0.29, 0.717) is 30.2 Å². The van der Waals surface area contributed by atoms with E-state index >= 15 is 0 Å². The second-order valence-corrected chi connectivity index (χ2v) is 7.23. The first-order valence-electron chi connectivity index (χ1n) is 7.28. The van der Waals surface area contributed by atoms with Crippen LogP contribution in [-0.2, 0) is 13.0 Å². The maximum absolute atomic E-state index is 12.7. The minimum Gasteiger partial charge on any atom is -0.493 e. The fraction of sp³-hybridized carbons (Fsp3) is 0.235. The first kappa shape index (κ1) is 14.6. The van der Waals surface area contributed by atoms with Gasteiger partial charge in [0.2, 0.25) is 0 Å². The Bertz CT molecular complexity index is 899. The molecule has 118 valence electrons. The van der Waals surface area contributed by atoms with Crippen molar-refractivity contribution in [2.24, 2.45) is 0 Å². The largest absolute Gasteiger partial charge is 0.493 e. The number of benzene rings is 1. The molecule has 1 aliphatic heterocycles. The summed E-state index contributed by atoms with van der Waals surface area (Å²) < 4.78 is 11.8. The first-order chi connectivity index (χ1) is 11.2. The molecule has 0 saturated carbocycles. The van der Waals surface area contributed by atoms with Crippen molar-refractivity contribution in [2.45, 2.75) is 13.0 Å². The Balaban J connectivity index is 1.65. The van der Waals surface area contributed by atoms with Crippen molar-refractivity contribution in [3.8, 4) is 5.75 Å². The Hall–Kier alpha value is -1.98. The third-order valence-electron chi connectivity index (χ3n) is 4.06. The molecule has 0 saturated heterocycles. The van der Waals surface area contributed by atoms with Gasteiger partial charge in [0.25, 0.3) is 5.91 Å². The van der Waals surface area contributed by atoms with Crippen molar-refractivity contribution >= 4 is 39.8 Å². The molecule has 3 aromatic rings. The highest BCUT2D eigenvalue weighted by Crippen LogP contribution is 2.33. The molecule has 0 unspecified atom stereocenters. The van der Waals surface area contributed by atoms with Crippen LogP contribution in [0.5, 0.6) is 5.75 Å². The van der Waals surface area contributed by atoms with Gasteiger partial charge in [0.05, 0.1) is 11.4 Å². The summed E-state index contributed by atoms with van der Waals surface area (Å²) in [7, 11) is 1.59. The number of amides is 1. The van der Waals surface area contributed by atoms with Gasteiger partial charge in [-0.25, -0.2) is 0 Å². The maximum atomic E-state index is 12.7. The highest BCUT2D eigenvalue weighted by Gasteiger charge is 2.26. The maximum Gasteiger partial charge on any atom is 0.289 e. The minimum atomic E-state index is -0.101. The van der Waals surface area contributed by atoms with Crippen LogP contribution in [0.4, 0.5) is 0 Å². The predicted octanol–water partition coefficient (Wildman–Crippen LogP) is 4.35. The lowest BCUT2D eigenvalue weighted by atomic mass is 10.1. The molecule has 1 aliphatic rings. The van der Waals surface area contributed by atoms with Crippen LogP contribution in [0.15, 0.2) is 34.7 Å². The molecule has 0 fully saturated rings. The summed E-state index contributed by atoms with van der Waals surface area (Å²) in [6, 6.07) is 9.33. The number of nitrogens with zero attached hydrogens (tertiary/aromatic N) is 1. The third-order valence-corrected chi connectivity index (χ3v) is 5.43. The lowest BCUT2D eigenvalue weighted by Crippen LogP contribution is -2.35. The topological polar surface area (TPSA) is 42.7 Å². The molecule has 0 aliphatic carbocycles. The summed E-state index contributed by atoms with van der Waals surface area (Å²) in [5.41, 5.74) is 1.74. The molecule has 0 N–H and O–H groups in total. The number of ether oxygens (including phenoxy) is 1. The van der Waals surface area contributed by atoms with Crippen molar-refractivity contribution in [1.82, 2.24) is 4.90 Å². The Labute approximate surface area is 142 Å². The van der Waals surface area contributed by atoms with Gasteiger partial charge in [-0.2, -0.15) is 0 Å². The molecule has 0 spiro atoms. The summed E-state index contributed by atoms with van der Waals surface area (Å²) in [5, 5.41) is 0.865. The van der Waals surface area contributed by atoms with E-state index in [1.807, 2.05) is 24.3 Å². The number of furan rings is 1. The van der Waals surface area contributed by atoms with E-state index in [9.17, 15) is 4.79 Å². The van der Waals surface area contributed by atoms with Crippen LogP contribution < -0.4 is 4.74 Å². The zero-order chi connectivity index (χ0) is 16.0. The van der Waals surface area contributed by atoms with Gasteiger partial charge in [-0.15, -0.1) is 11.3 Å². The number of hydrogen-bond acceptors (Lipinski definition) is 4. The molecule has 4 nitrogen and oxygen atoms in total. The average molecular weight is 348 g/mol. The zero-order valence-corrected chi connectivity index (χ0v) is 14.0. The van der Waals surface area contributed by atoms with Gasteiger partial charge >= 0.3 is 0 Å². The van der Waals surface area contributed by atoms with Gasteiger partial charge in [0.15, 0.2) is 17.1 Å². The van der Waals surface area contributed by atoms with Gasteiger partial charge in [-0.3, -0.25) is 4.79 Å². The molecule has 23 heavy (non-hydrogen) atoms. The second kappa shape index (κ2) is 5.58. The van der Waals surface area contributed by atoms with Gasteiger partial charge in [-0.05, 0) is 30.2 Å². The molecule has 6 heteroatoms. The van der Waals surface area contributed by atoms with Crippen molar-refractivity contribution < 1.29 is 13.9 Å². The molecule has 0 bridgehead atoms. The number of fused-ring (bicyclic) bond motifs is 2.